The van der Waals surface area contributed by atoms with E-state index in [9.17, 15) is 4.79 Å². The second kappa shape index (κ2) is 7.23. The summed E-state index contributed by atoms with van der Waals surface area (Å²) in [6, 6.07) is 16.5. The van der Waals surface area contributed by atoms with E-state index in [4.69, 9.17) is 11.6 Å². The predicted molar refractivity (Wildman–Crippen MR) is 100 cm³/mol. The first-order valence-electron chi connectivity index (χ1n) is 8.44. The molecule has 24 heavy (non-hydrogen) atoms. The monoisotopic (exact) mass is 339 g/mol. The van der Waals surface area contributed by atoms with Crippen molar-refractivity contribution in [1.29, 1.82) is 0 Å². The van der Waals surface area contributed by atoms with Crippen molar-refractivity contribution in [3.8, 4) is 11.1 Å². The molecule has 0 bridgehead atoms. The Balaban J connectivity index is 2.19. The number of hydrogen-bond acceptors (Lipinski definition) is 1. The molecule has 2 aromatic carbocycles. The van der Waals surface area contributed by atoms with Crippen LogP contribution in [0.4, 0.5) is 0 Å². The summed E-state index contributed by atoms with van der Waals surface area (Å²) in [5, 5.41) is 3.12. The number of carbonyl (C=O) groups excluding carboxylic acids is 1. The molecule has 0 spiro atoms. The Morgan fingerprint density at radius 1 is 1.04 bits per heavy atom. The molecule has 3 heteroatoms. The highest BCUT2D eigenvalue weighted by atomic mass is 35.5. The van der Waals surface area contributed by atoms with E-state index >= 15 is 0 Å². The molecule has 3 rings (SSSR count). The van der Waals surface area contributed by atoms with Crippen LogP contribution in [0.3, 0.4) is 0 Å². The van der Waals surface area contributed by atoms with E-state index < -0.39 is 5.41 Å². The molecule has 0 saturated heterocycles. The Hall–Kier alpha value is -2.06. The SMILES string of the molecule is CCCNC(=O)C1(CC=CCCl)c2ccccc2-c2ccccc21. The van der Waals surface area contributed by atoms with E-state index in [1.54, 1.807) is 0 Å². The third-order valence-electron chi connectivity index (χ3n) is 4.67. The van der Waals surface area contributed by atoms with Gasteiger partial charge in [0.05, 0.1) is 0 Å². The summed E-state index contributed by atoms with van der Waals surface area (Å²) in [6.07, 6.45) is 5.48. The van der Waals surface area contributed by atoms with Crippen molar-refractivity contribution in [2.75, 3.05) is 12.4 Å². The van der Waals surface area contributed by atoms with Crippen LogP contribution in [0.2, 0.25) is 0 Å². The van der Waals surface area contributed by atoms with Gasteiger partial charge < -0.3 is 5.32 Å². The summed E-state index contributed by atoms with van der Waals surface area (Å²) in [5.74, 6) is 0.525. The summed E-state index contributed by atoms with van der Waals surface area (Å²) in [5.41, 5.74) is 3.79. The van der Waals surface area contributed by atoms with Crippen LogP contribution in [0.25, 0.3) is 11.1 Å². The van der Waals surface area contributed by atoms with Crippen molar-refractivity contribution < 1.29 is 4.79 Å². The van der Waals surface area contributed by atoms with Crippen molar-refractivity contribution in [2.45, 2.75) is 25.2 Å². The van der Waals surface area contributed by atoms with Crippen LogP contribution in [0.5, 0.6) is 0 Å². The number of benzene rings is 2. The molecule has 2 aromatic rings. The van der Waals surface area contributed by atoms with Gasteiger partial charge in [-0.25, -0.2) is 0 Å². The molecule has 2 nitrogen and oxygen atoms in total. The van der Waals surface area contributed by atoms with Gasteiger partial charge in [-0.2, -0.15) is 0 Å². The lowest BCUT2D eigenvalue weighted by Gasteiger charge is -2.29. The number of alkyl halides is 1. The van der Waals surface area contributed by atoms with E-state index in [0.29, 0.717) is 18.8 Å². The van der Waals surface area contributed by atoms with Crippen molar-refractivity contribution >= 4 is 17.5 Å². The van der Waals surface area contributed by atoms with E-state index in [1.165, 1.54) is 0 Å². The number of amides is 1. The van der Waals surface area contributed by atoms with Crippen LogP contribution in [0.1, 0.15) is 30.9 Å². The van der Waals surface area contributed by atoms with Gasteiger partial charge in [0.2, 0.25) is 5.91 Å². The van der Waals surface area contributed by atoms with Gasteiger partial charge in [0.25, 0.3) is 0 Å². The van der Waals surface area contributed by atoms with E-state index in [0.717, 1.165) is 28.7 Å². The average Bonchev–Trinajstić information content (AvgIpc) is 2.92. The molecule has 0 aromatic heterocycles. The number of nitrogens with one attached hydrogen (secondary N) is 1. The predicted octanol–water partition coefficient (Wildman–Crippen LogP) is 4.66. The lowest BCUT2D eigenvalue weighted by molar-refractivity contribution is -0.125. The van der Waals surface area contributed by atoms with Crippen LogP contribution in [-0.2, 0) is 10.2 Å². The van der Waals surface area contributed by atoms with E-state index in [2.05, 4.69) is 36.5 Å². The maximum absolute atomic E-state index is 13.3. The lowest BCUT2D eigenvalue weighted by atomic mass is 9.74. The Morgan fingerprint density at radius 3 is 2.17 bits per heavy atom. The summed E-state index contributed by atoms with van der Waals surface area (Å²) in [6.45, 7) is 2.75. The highest BCUT2D eigenvalue weighted by Gasteiger charge is 2.47. The number of halogens is 1. The van der Waals surface area contributed by atoms with Crippen molar-refractivity contribution in [2.24, 2.45) is 0 Å². The second-order valence-corrected chi connectivity index (χ2v) is 6.39. The van der Waals surface area contributed by atoms with Crippen molar-refractivity contribution in [3.05, 3.63) is 71.8 Å². The van der Waals surface area contributed by atoms with Crippen molar-refractivity contribution in [1.82, 2.24) is 5.32 Å². The van der Waals surface area contributed by atoms with Crippen LogP contribution in [0, 0.1) is 0 Å². The van der Waals surface area contributed by atoms with Gasteiger partial charge in [0.1, 0.15) is 5.41 Å². The number of allylic oxidation sites excluding steroid dienone is 2. The molecule has 1 aliphatic carbocycles. The fourth-order valence-electron chi connectivity index (χ4n) is 3.60. The number of hydrogen-bond donors (Lipinski definition) is 1. The highest BCUT2D eigenvalue weighted by Crippen LogP contribution is 2.51. The minimum Gasteiger partial charge on any atom is -0.355 e. The third-order valence-corrected chi connectivity index (χ3v) is 4.85. The molecular weight excluding hydrogens is 318 g/mol. The van der Waals surface area contributed by atoms with Crippen LogP contribution in [-0.4, -0.2) is 18.3 Å². The second-order valence-electron chi connectivity index (χ2n) is 6.08. The number of rotatable bonds is 6. The molecule has 0 unspecified atom stereocenters. The Kier molecular flexibility index (Phi) is 5.06. The normalized spacial score (nSPS) is 14.4. The van der Waals surface area contributed by atoms with Crippen molar-refractivity contribution in [3.63, 3.8) is 0 Å². The van der Waals surface area contributed by atoms with E-state index in [1.807, 2.05) is 36.4 Å². The maximum Gasteiger partial charge on any atom is 0.235 e. The van der Waals surface area contributed by atoms with Gasteiger partial charge in [0, 0.05) is 12.4 Å². The first kappa shape index (κ1) is 16.8. The lowest BCUT2D eigenvalue weighted by Crippen LogP contribution is -2.44. The zero-order chi connectivity index (χ0) is 17.0. The Bertz CT molecular complexity index is 720. The van der Waals surface area contributed by atoms with Crippen LogP contribution >= 0.6 is 11.6 Å². The minimum absolute atomic E-state index is 0.0703. The summed E-state index contributed by atoms with van der Waals surface area (Å²) < 4.78 is 0. The summed E-state index contributed by atoms with van der Waals surface area (Å²) in [4.78, 5) is 13.3. The molecule has 0 fully saturated rings. The smallest absolute Gasteiger partial charge is 0.235 e. The Morgan fingerprint density at radius 2 is 1.62 bits per heavy atom. The molecule has 0 saturated carbocycles. The zero-order valence-electron chi connectivity index (χ0n) is 13.9. The number of carbonyl (C=O) groups is 1. The average molecular weight is 340 g/mol. The molecule has 1 amide bonds. The topological polar surface area (TPSA) is 29.1 Å². The molecule has 0 heterocycles. The molecule has 1 N–H and O–H groups in total. The molecule has 0 atom stereocenters. The first-order valence-corrected chi connectivity index (χ1v) is 8.97. The highest BCUT2D eigenvalue weighted by molar-refractivity contribution is 6.18. The first-order chi connectivity index (χ1) is 11.8. The largest absolute Gasteiger partial charge is 0.355 e. The van der Waals surface area contributed by atoms with Gasteiger partial charge >= 0.3 is 0 Å². The zero-order valence-corrected chi connectivity index (χ0v) is 14.6. The fraction of sp³-hybridized carbons (Fsp3) is 0.286. The minimum atomic E-state index is -0.676. The standard InChI is InChI=1S/C21H22ClNO/c1-2-15-23-20(24)21(13-7-8-14-22)18-11-5-3-9-16(18)17-10-4-6-12-19(17)21/h3-12H,2,13-15H2,1H3,(H,23,24). The van der Waals surface area contributed by atoms with Gasteiger partial charge in [-0.05, 0) is 35.1 Å². The molecular formula is C21H22ClNO. The third kappa shape index (κ3) is 2.65. The molecule has 0 radical (unpaired) electrons. The molecule has 0 aliphatic heterocycles. The maximum atomic E-state index is 13.3. The fourth-order valence-corrected chi connectivity index (χ4v) is 3.72. The van der Waals surface area contributed by atoms with Crippen LogP contribution in [0.15, 0.2) is 60.7 Å². The summed E-state index contributed by atoms with van der Waals surface area (Å²) >= 11 is 5.81. The van der Waals surface area contributed by atoms with Gasteiger partial charge in [-0.3, -0.25) is 4.79 Å². The molecule has 124 valence electrons. The molecule has 1 aliphatic rings. The number of fused-ring (bicyclic) bond motifs is 3. The van der Waals surface area contributed by atoms with Gasteiger partial charge in [-0.1, -0.05) is 67.6 Å². The quantitative estimate of drug-likeness (QED) is 0.601. The Labute approximate surface area is 148 Å². The summed E-state index contributed by atoms with van der Waals surface area (Å²) in [7, 11) is 0. The van der Waals surface area contributed by atoms with Gasteiger partial charge in [-0.15, -0.1) is 11.6 Å². The van der Waals surface area contributed by atoms with E-state index in [-0.39, 0.29) is 5.91 Å². The van der Waals surface area contributed by atoms with Crippen LogP contribution < -0.4 is 5.32 Å². The van der Waals surface area contributed by atoms with Gasteiger partial charge in [0.15, 0.2) is 0 Å².